The SMILES string of the molecule is CC[C@H](C)[C@H](NC(=O)O[C@@H](CC(C)C)C(=O)O)C(=O)N(C)C. The van der Waals surface area contributed by atoms with Crippen molar-refractivity contribution in [3.8, 4) is 0 Å². The van der Waals surface area contributed by atoms with E-state index in [0.29, 0.717) is 6.42 Å². The van der Waals surface area contributed by atoms with E-state index in [1.165, 1.54) is 4.90 Å². The van der Waals surface area contributed by atoms with E-state index in [2.05, 4.69) is 5.32 Å². The standard InChI is InChI=1S/C15H28N2O5/c1-7-10(4)12(13(18)17(5)6)16-15(21)22-11(14(19)20)8-9(2)3/h9-12H,7-8H2,1-6H3,(H,16,21)(H,19,20)/t10-,11-,12-/m0/s1. The summed E-state index contributed by atoms with van der Waals surface area (Å²) in [5.41, 5.74) is 0. The molecule has 0 radical (unpaired) electrons. The maximum atomic E-state index is 12.1. The van der Waals surface area contributed by atoms with Crippen LogP contribution in [0.5, 0.6) is 0 Å². The number of hydrogen-bond donors (Lipinski definition) is 2. The third kappa shape index (κ3) is 6.78. The minimum absolute atomic E-state index is 0.0719. The van der Waals surface area contributed by atoms with Crippen LogP contribution in [0.15, 0.2) is 0 Å². The molecule has 0 rings (SSSR count). The highest BCUT2D eigenvalue weighted by Gasteiger charge is 2.30. The van der Waals surface area contributed by atoms with Gasteiger partial charge in [-0.3, -0.25) is 4.79 Å². The van der Waals surface area contributed by atoms with Gasteiger partial charge in [0.15, 0.2) is 0 Å². The highest BCUT2D eigenvalue weighted by Crippen LogP contribution is 2.12. The fraction of sp³-hybridized carbons (Fsp3) is 0.800. The molecule has 0 aromatic carbocycles. The molecule has 0 saturated heterocycles. The molecular formula is C15H28N2O5. The molecule has 128 valence electrons. The maximum Gasteiger partial charge on any atom is 0.408 e. The zero-order valence-corrected chi connectivity index (χ0v) is 14.3. The van der Waals surface area contributed by atoms with Gasteiger partial charge in [-0.1, -0.05) is 34.1 Å². The summed E-state index contributed by atoms with van der Waals surface area (Å²) in [5.74, 6) is -1.46. The number of carboxylic acids is 1. The van der Waals surface area contributed by atoms with Gasteiger partial charge in [0, 0.05) is 14.1 Å². The van der Waals surface area contributed by atoms with Crippen LogP contribution in [0.3, 0.4) is 0 Å². The van der Waals surface area contributed by atoms with Crippen LogP contribution in [-0.2, 0) is 14.3 Å². The number of carbonyl (C=O) groups excluding carboxylic acids is 2. The number of amides is 2. The molecule has 0 aliphatic heterocycles. The Morgan fingerprint density at radius 3 is 2.09 bits per heavy atom. The predicted molar refractivity (Wildman–Crippen MR) is 82.4 cm³/mol. The Bertz CT molecular complexity index is 395. The van der Waals surface area contributed by atoms with Gasteiger partial charge in [-0.2, -0.15) is 0 Å². The lowest BCUT2D eigenvalue weighted by molar-refractivity contribution is -0.147. The van der Waals surface area contributed by atoms with Crippen molar-refractivity contribution < 1.29 is 24.2 Å². The Balaban J connectivity index is 4.87. The number of likely N-dealkylation sites (N-methyl/N-ethyl adjacent to an activating group) is 1. The van der Waals surface area contributed by atoms with Crippen LogP contribution >= 0.6 is 0 Å². The van der Waals surface area contributed by atoms with Crippen molar-refractivity contribution in [2.75, 3.05) is 14.1 Å². The zero-order valence-electron chi connectivity index (χ0n) is 14.3. The number of nitrogens with one attached hydrogen (secondary N) is 1. The molecule has 0 aliphatic rings. The number of hydrogen-bond acceptors (Lipinski definition) is 4. The quantitative estimate of drug-likeness (QED) is 0.711. The normalized spacial score (nSPS) is 14.9. The molecule has 0 saturated carbocycles. The van der Waals surface area contributed by atoms with Gasteiger partial charge in [0.05, 0.1) is 0 Å². The van der Waals surface area contributed by atoms with Crippen LogP contribution in [0, 0.1) is 11.8 Å². The van der Waals surface area contributed by atoms with Crippen LogP contribution in [0.2, 0.25) is 0 Å². The van der Waals surface area contributed by atoms with Gasteiger partial charge in [0.2, 0.25) is 12.0 Å². The van der Waals surface area contributed by atoms with Crippen LogP contribution in [0.1, 0.15) is 40.5 Å². The largest absolute Gasteiger partial charge is 0.479 e. The van der Waals surface area contributed by atoms with Gasteiger partial charge in [0.1, 0.15) is 6.04 Å². The first-order valence-electron chi connectivity index (χ1n) is 7.51. The van der Waals surface area contributed by atoms with E-state index >= 15 is 0 Å². The summed E-state index contributed by atoms with van der Waals surface area (Å²) in [6.07, 6.45) is -1.18. The van der Waals surface area contributed by atoms with Crippen LogP contribution < -0.4 is 5.32 Å². The van der Waals surface area contributed by atoms with Crippen molar-refractivity contribution in [1.82, 2.24) is 10.2 Å². The topological polar surface area (TPSA) is 95.9 Å². The third-order valence-electron chi connectivity index (χ3n) is 3.40. The molecule has 22 heavy (non-hydrogen) atoms. The Kier molecular flexibility index (Phi) is 8.52. The lowest BCUT2D eigenvalue weighted by atomic mass is 9.98. The number of carbonyl (C=O) groups is 3. The van der Waals surface area contributed by atoms with Crippen LogP contribution in [0.4, 0.5) is 4.79 Å². The fourth-order valence-electron chi connectivity index (χ4n) is 1.88. The van der Waals surface area contributed by atoms with E-state index in [4.69, 9.17) is 9.84 Å². The molecule has 0 aliphatic carbocycles. The lowest BCUT2D eigenvalue weighted by Crippen LogP contribution is -2.50. The minimum atomic E-state index is -1.22. The molecule has 0 fully saturated rings. The van der Waals surface area contributed by atoms with Gasteiger partial charge in [-0.05, 0) is 18.3 Å². The van der Waals surface area contributed by atoms with E-state index in [1.54, 1.807) is 14.1 Å². The van der Waals surface area contributed by atoms with Gasteiger partial charge >= 0.3 is 12.1 Å². The van der Waals surface area contributed by atoms with E-state index < -0.39 is 24.2 Å². The summed E-state index contributed by atoms with van der Waals surface area (Å²) in [6, 6.07) is -0.735. The molecule has 2 N–H and O–H groups in total. The molecule has 7 nitrogen and oxygen atoms in total. The Morgan fingerprint density at radius 1 is 1.18 bits per heavy atom. The Labute approximate surface area is 132 Å². The first kappa shape index (κ1) is 20.2. The van der Waals surface area contributed by atoms with Gasteiger partial charge in [0.25, 0.3) is 0 Å². The van der Waals surface area contributed by atoms with Crippen molar-refractivity contribution in [3.05, 3.63) is 0 Å². The molecule has 3 atom stereocenters. The van der Waals surface area contributed by atoms with E-state index in [-0.39, 0.29) is 24.2 Å². The van der Waals surface area contributed by atoms with E-state index in [0.717, 1.165) is 0 Å². The minimum Gasteiger partial charge on any atom is -0.479 e. The number of rotatable bonds is 8. The summed E-state index contributed by atoms with van der Waals surface area (Å²) >= 11 is 0. The summed E-state index contributed by atoms with van der Waals surface area (Å²) in [5, 5.41) is 11.6. The number of nitrogens with zero attached hydrogens (tertiary/aromatic N) is 1. The van der Waals surface area contributed by atoms with Crippen molar-refractivity contribution >= 4 is 18.0 Å². The average Bonchev–Trinajstić information content (AvgIpc) is 2.41. The van der Waals surface area contributed by atoms with Gasteiger partial charge in [-0.25, -0.2) is 9.59 Å². The summed E-state index contributed by atoms with van der Waals surface area (Å²) in [6.45, 7) is 7.44. The molecular weight excluding hydrogens is 288 g/mol. The summed E-state index contributed by atoms with van der Waals surface area (Å²) in [4.78, 5) is 36.5. The highest BCUT2D eigenvalue weighted by molar-refractivity contribution is 5.86. The second-order valence-electron chi connectivity index (χ2n) is 6.10. The molecule has 0 aromatic rings. The first-order chi connectivity index (χ1) is 10.1. The summed E-state index contributed by atoms with van der Waals surface area (Å²) in [7, 11) is 3.20. The van der Waals surface area contributed by atoms with E-state index in [1.807, 2.05) is 27.7 Å². The zero-order chi connectivity index (χ0) is 17.4. The summed E-state index contributed by atoms with van der Waals surface area (Å²) < 4.78 is 4.96. The smallest absolute Gasteiger partial charge is 0.408 e. The molecule has 0 aromatic heterocycles. The maximum absolute atomic E-state index is 12.1. The van der Waals surface area contributed by atoms with Crippen LogP contribution in [0.25, 0.3) is 0 Å². The van der Waals surface area contributed by atoms with Crippen molar-refractivity contribution in [2.24, 2.45) is 11.8 Å². The van der Waals surface area contributed by atoms with Gasteiger partial charge in [-0.15, -0.1) is 0 Å². The Hall–Kier alpha value is -1.79. The second-order valence-corrected chi connectivity index (χ2v) is 6.10. The van der Waals surface area contributed by atoms with Crippen molar-refractivity contribution in [1.29, 1.82) is 0 Å². The average molecular weight is 316 g/mol. The predicted octanol–water partition coefficient (Wildman–Crippen LogP) is 1.71. The third-order valence-corrected chi connectivity index (χ3v) is 3.40. The second kappa shape index (κ2) is 9.27. The molecule has 7 heteroatoms. The first-order valence-corrected chi connectivity index (χ1v) is 7.51. The molecule has 0 unspecified atom stereocenters. The number of alkyl carbamates (subject to hydrolysis) is 1. The number of ether oxygens (including phenoxy) is 1. The fourth-order valence-corrected chi connectivity index (χ4v) is 1.88. The van der Waals surface area contributed by atoms with Crippen molar-refractivity contribution in [2.45, 2.75) is 52.7 Å². The van der Waals surface area contributed by atoms with E-state index in [9.17, 15) is 14.4 Å². The monoisotopic (exact) mass is 316 g/mol. The van der Waals surface area contributed by atoms with Gasteiger partial charge < -0.3 is 20.1 Å². The highest BCUT2D eigenvalue weighted by atomic mass is 16.6. The lowest BCUT2D eigenvalue weighted by Gasteiger charge is -2.26. The molecule has 2 amide bonds. The number of aliphatic carboxylic acids is 1. The molecule has 0 heterocycles. The Morgan fingerprint density at radius 2 is 1.73 bits per heavy atom. The molecule has 0 spiro atoms. The van der Waals surface area contributed by atoms with Crippen molar-refractivity contribution in [3.63, 3.8) is 0 Å². The molecule has 0 bridgehead atoms. The number of carboxylic acid groups (broad SMARTS) is 1. The van der Waals surface area contributed by atoms with Crippen LogP contribution in [-0.4, -0.2) is 54.2 Å².